The van der Waals surface area contributed by atoms with Crippen LogP contribution in [0.2, 0.25) is 0 Å². The highest BCUT2D eigenvalue weighted by Crippen LogP contribution is 2.30. The van der Waals surface area contributed by atoms with E-state index in [0.29, 0.717) is 0 Å². The van der Waals surface area contributed by atoms with E-state index in [0.717, 1.165) is 24.0 Å². The number of hydrogen-bond acceptors (Lipinski definition) is 1. The minimum Gasteiger partial charge on any atom is -0.481 e. The molecule has 0 amide bonds. The number of benzene rings is 1. The molecule has 0 atom stereocenters. The number of rotatable bonds is 5. The van der Waals surface area contributed by atoms with Crippen molar-refractivity contribution in [2.45, 2.75) is 59.3 Å². The maximum Gasteiger partial charge on any atom is 0.307 e. The van der Waals surface area contributed by atoms with E-state index in [-0.39, 0.29) is 11.8 Å². The van der Waals surface area contributed by atoms with E-state index in [1.807, 2.05) is 6.08 Å². The number of aryl methyl sites for hydroxylation is 1. The van der Waals surface area contributed by atoms with Gasteiger partial charge < -0.3 is 5.11 Å². The average Bonchev–Trinajstić information content (AvgIpc) is 2.33. The zero-order valence-corrected chi connectivity index (χ0v) is 13.3. The summed E-state index contributed by atoms with van der Waals surface area (Å²) < 4.78 is 0. The lowest BCUT2D eigenvalue weighted by molar-refractivity contribution is -0.135. The Bertz CT molecular complexity index is 505. The summed E-state index contributed by atoms with van der Waals surface area (Å²) in [7, 11) is 0. The molecule has 0 radical (unpaired) electrons. The van der Waals surface area contributed by atoms with Crippen molar-refractivity contribution in [1.29, 1.82) is 0 Å². The number of allylic oxidation sites excluding steroid dienone is 1. The van der Waals surface area contributed by atoms with Gasteiger partial charge in [-0.15, -0.1) is 0 Å². The molecule has 1 rings (SSSR count). The SMILES string of the molecule is CCC/C(=C\CC(=O)O)c1ccc(C)c(C(C)(C)C)c1. The second-order valence-electron chi connectivity index (χ2n) is 6.36. The number of carbonyl (C=O) groups is 1. The molecule has 2 nitrogen and oxygen atoms in total. The van der Waals surface area contributed by atoms with Crippen molar-refractivity contribution >= 4 is 11.5 Å². The largest absolute Gasteiger partial charge is 0.481 e. The van der Waals surface area contributed by atoms with Crippen LogP contribution in [-0.2, 0) is 10.2 Å². The molecule has 0 heterocycles. The molecule has 0 aromatic heterocycles. The van der Waals surface area contributed by atoms with Crippen molar-refractivity contribution in [2.75, 3.05) is 0 Å². The lowest BCUT2D eigenvalue weighted by Crippen LogP contribution is -2.13. The second kappa shape index (κ2) is 6.74. The molecule has 1 aromatic rings. The van der Waals surface area contributed by atoms with Gasteiger partial charge in [-0.05, 0) is 41.0 Å². The van der Waals surface area contributed by atoms with Gasteiger partial charge in [0.15, 0.2) is 0 Å². The van der Waals surface area contributed by atoms with Gasteiger partial charge in [0.05, 0.1) is 6.42 Å². The Morgan fingerprint density at radius 2 is 1.95 bits per heavy atom. The molecular weight excluding hydrogens is 248 g/mol. The lowest BCUT2D eigenvalue weighted by atomic mass is 9.82. The Hall–Kier alpha value is -1.57. The molecule has 1 N–H and O–H groups in total. The number of carboxylic acid groups (broad SMARTS) is 1. The molecule has 2 heteroatoms. The van der Waals surface area contributed by atoms with Crippen molar-refractivity contribution in [3.63, 3.8) is 0 Å². The van der Waals surface area contributed by atoms with Crippen molar-refractivity contribution < 1.29 is 9.90 Å². The number of aliphatic carboxylic acids is 1. The summed E-state index contributed by atoms with van der Waals surface area (Å²) in [6.07, 6.45) is 3.88. The zero-order valence-electron chi connectivity index (χ0n) is 13.3. The second-order valence-corrected chi connectivity index (χ2v) is 6.36. The molecule has 0 saturated heterocycles. The Morgan fingerprint density at radius 1 is 1.30 bits per heavy atom. The maximum absolute atomic E-state index is 10.8. The molecule has 0 bridgehead atoms. The van der Waals surface area contributed by atoms with E-state index in [4.69, 9.17) is 5.11 Å². The quantitative estimate of drug-likeness (QED) is 0.824. The van der Waals surface area contributed by atoms with Gasteiger partial charge in [-0.3, -0.25) is 4.79 Å². The summed E-state index contributed by atoms with van der Waals surface area (Å²) in [5, 5.41) is 8.86. The highest BCUT2D eigenvalue weighted by Gasteiger charge is 2.17. The topological polar surface area (TPSA) is 37.3 Å². The van der Waals surface area contributed by atoms with Crippen LogP contribution in [-0.4, -0.2) is 11.1 Å². The van der Waals surface area contributed by atoms with E-state index in [2.05, 4.69) is 52.8 Å². The third kappa shape index (κ3) is 4.52. The number of hydrogen-bond donors (Lipinski definition) is 1. The van der Waals surface area contributed by atoms with Crippen LogP contribution in [0.25, 0.3) is 5.57 Å². The molecule has 0 fully saturated rings. The van der Waals surface area contributed by atoms with E-state index in [1.165, 1.54) is 11.1 Å². The van der Waals surface area contributed by atoms with E-state index < -0.39 is 5.97 Å². The Balaban J connectivity index is 3.21. The normalized spacial score (nSPS) is 12.6. The highest BCUT2D eigenvalue weighted by atomic mass is 16.4. The molecule has 0 aliphatic heterocycles. The van der Waals surface area contributed by atoms with Crippen LogP contribution in [0.15, 0.2) is 24.3 Å². The predicted octanol–water partition coefficient (Wildman–Crippen LogP) is 4.95. The fourth-order valence-electron chi connectivity index (χ4n) is 2.47. The van der Waals surface area contributed by atoms with Crippen LogP contribution in [0.3, 0.4) is 0 Å². The first-order chi connectivity index (χ1) is 9.25. The molecule has 20 heavy (non-hydrogen) atoms. The van der Waals surface area contributed by atoms with Crippen molar-refractivity contribution in [2.24, 2.45) is 0 Å². The van der Waals surface area contributed by atoms with Crippen LogP contribution < -0.4 is 0 Å². The first-order valence-corrected chi connectivity index (χ1v) is 7.28. The van der Waals surface area contributed by atoms with Crippen LogP contribution in [0, 0.1) is 6.92 Å². The van der Waals surface area contributed by atoms with E-state index >= 15 is 0 Å². The Kier molecular flexibility index (Phi) is 5.55. The highest BCUT2D eigenvalue weighted by molar-refractivity contribution is 5.74. The monoisotopic (exact) mass is 274 g/mol. The third-order valence-electron chi connectivity index (χ3n) is 3.46. The Morgan fingerprint density at radius 3 is 2.45 bits per heavy atom. The van der Waals surface area contributed by atoms with Gasteiger partial charge in [-0.2, -0.15) is 0 Å². The van der Waals surface area contributed by atoms with Crippen LogP contribution in [0.5, 0.6) is 0 Å². The molecule has 0 unspecified atom stereocenters. The molecule has 0 aliphatic rings. The molecule has 110 valence electrons. The molecule has 0 saturated carbocycles. The minimum absolute atomic E-state index is 0.0913. The van der Waals surface area contributed by atoms with Crippen LogP contribution in [0.4, 0.5) is 0 Å². The van der Waals surface area contributed by atoms with Gasteiger partial charge in [0, 0.05) is 0 Å². The van der Waals surface area contributed by atoms with Crippen LogP contribution >= 0.6 is 0 Å². The fourth-order valence-corrected chi connectivity index (χ4v) is 2.47. The maximum atomic E-state index is 10.8. The van der Waals surface area contributed by atoms with Gasteiger partial charge in [0.25, 0.3) is 0 Å². The molecule has 0 aliphatic carbocycles. The first-order valence-electron chi connectivity index (χ1n) is 7.28. The van der Waals surface area contributed by atoms with Gasteiger partial charge >= 0.3 is 5.97 Å². The first kappa shape index (κ1) is 16.5. The summed E-state index contributed by atoms with van der Waals surface area (Å²) in [5.74, 6) is -0.776. The zero-order chi connectivity index (χ0) is 15.3. The van der Waals surface area contributed by atoms with Gasteiger partial charge in [-0.25, -0.2) is 0 Å². The lowest BCUT2D eigenvalue weighted by Gasteiger charge is -2.23. The number of carboxylic acids is 1. The van der Waals surface area contributed by atoms with E-state index in [9.17, 15) is 4.79 Å². The van der Waals surface area contributed by atoms with Crippen molar-refractivity contribution in [3.8, 4) is 0 Å². The summed E-state index contributed by atoms with van der Waals surface area (Å²) in [4.78, 5) is 10.8. The summed E-state index contributed by atoms with van der Waals surface area (Å²) in [6.45, 7) is 10.9. The fraction of sp³-hybridized carbons (Fsp3) is 0.500. The van der Waals surface area contributed by atoms with Crippen LogP contribution in [0.1, 0.15) is 63.6 Å². The third-order valence-corrected chi connectivity index (χ3v) is 3.46. The molecule has 1 aromatic carbocycles. The summed E-state index contributed by atoms with van der Waals surface area (Å²) >= 11 is 0. The Labute approximate surface area is 122 Å². The van der Waals surface area contributed by atoms with Crippen molar-refractivity contribution in [3.05, 3.63) is 41.0 Å². The van der Waals surface area contributed by atoms with Gasteiger partial charge in [0.2, 0.25) is 0 Å². The smallest absolute Gasteiger partial charge is 0.307 e. The average molecular weight is 274 g/mol. The standard InChI is InChI=1S/C18H26O2/c1-6-7-14(10-11-17(19)20)15-9-8-13(2)16(12-15)18(3,4)5/h8-10,12H,6-7,11H2,1-5H3,(H,19,20)/b14-10+. The molecule has 0 spiro atoms. The van der Waals surface area contributed by atoms with Gasteiger partial charge in [0.1, 0.15) is 0 Å². The summed E-state index contributed by atoms with van der Waals surface area (Å²) in [6, 6.07) is 6.47. The minimum atomic E-state index is -0.776. The molecular formula is C18H26O2. The predicted molar refractivity (Wildman–Crippen MR) is 85.0 cm³/mol. The van der Waals surface area contributed by atoms with Crippen molar-refractivity contribution in [1.82, 2.24) is 0 Å². The van der Waals surface area contributed by atoms with Gasteiger partial charge in [-0.1, -0.05) is 58.4 Å². The van der Waals surface area contributed by atoms with E-state index in [1.54, 1.807) is 0 Å². The summed E-state index contributed by atoms with van der Waals surface area (Å²) in [5.41, 5.74) is 5.01.